The maximum Gasteiger partial charge on any atom is 0.245 e. The van der Waals surface area contributed by atoms with Crippen LogP contribution in [-0.2, 0) is 4.79 Å². The second-order valence-electron chi connectivity index (χ2n) is 7.46. The quantitative estimate of drug-likeness (QED) is 0.503. The van der Waals surface area contributed by atoms with Crippen molar-refractivity contribution in [2.24, 2.45) is 9.98 Å². The summed E-state index contributed by atoms with van der Waals surface area (Å²) < 4.78 is 0. The average molecular weight is 472 g/mol. The number of halogens is 2. The zero-order valence-corrected chi connectivity index (χ0v) is 18.5. The standard InChI is InChI=1S/C19H24BrClN4OS/c1-11-23-16-7-6-14(8-17(16)27-11)24-19-22-9-15(20)18(26)25(19)10-12-2-4-13(21)5-3-12/h2,6,13,15-17H,3-5,7-10H2,1H3,(H,22,24). The van der Waals surface area contributed by atoms with E-state index in [0.717, 1.165) is 37.8 Å². The minimum Gasteiger partial charge on any atom is -0.330 e. The highest BCUT2D eigenvalue weighted by Crippen LogP contribution is 2.36. The van der Waals surface area contributed by atoms with Gasteiger partial charge in [-0.2, -0.15) is 0 Å². The Bertz CT molecular complexity index is 750. The molecule has 0 radical (unpaired) electrons. The van der Waals surface area contributed by atoms with Gasteiger partial charge >= 0.3 is 0 Å². The molecule has 2 aliphatic carbocycles. The Morgan fingerprint density at radius 2 is 2.26 bits per heavy atom. The number of thioether (sulfide) groups is 1. The minimum atomic E-state index is -0.251. The van der Waals surface area contributed by atoms with Crippen molar-refractivity contribution in [2.75, 3.05) is 13.1 Å². The Morgan fingerprint density at radius 3 is 3.04 bits per heavy atom. The summed E-state index contributed by atoms with van der Waals surface area (Å²) in [6, 6.07) is 0.398. The lowest BCUT2D eigenvalue weighted by Gasteiger charge is -2.33. The molecule has 1 amide bonds. The van der Waals surface area contributed by atoms with Crippen molar-refractivity contribution in [1.82, 2.24) is 10.2 Å². The minimum absolute atomic E-state index is 0.0742. The fourth-order valence-electron chi connectivity index (χ4n) is 3.90. The largest absolute Gasteiger partial charge is 0.330 e. The number of hydrogen-bond donors (Lipinski definition) is 1. The van der Waals surface area contributed by atoms with Crippen LogP contribution in [0.2, 0.25) is 0 Å². The van der Waals surface area contributed by atoms with Crippen molar-refractivity contribution >= 4 is 56.2 Å². The van der Waals surface area contributed by atoms with Gasteiger partial charge in [-0.15, -0.1) is 23.4 Å². The molecule has 0 aromatic rings. The summed E-state index contributed by atoms with van der Waals surface area (Å²) in [4.78, 5) is 23.7. The van der Waals surface area contributed by atoms with Gasteiger partial charge in [-0.1, -0.05) is 33.7 Å². The number of carbonyl (C=O) groups is 1. The molecule has 5 nitrogen and oxygen atoms in total. The van der Waals surface area contributed by atoms with Crippen LogP contribution in [0.25, 0.3) is 0 Å². The Hall–Kier alpha value is -0.790. The normalized spacial score (nSPS) is 33.7. The Balaban J connectivity index is 1.46. The van der Waals surface area contributed by atoms with Gasteiger partial charge in [-0.3, -0.25) is 19.7 Å². The second kappa shape index (κ2) is 8.29. The Morgan fingerprint density at radius 1 is 1.41 bits per heavy atom. The summed E-state index contributed by atoms with van der Waals surface area (Å²) in [7, 11) is 0. The summed E-state index contributed by atoms with van der Waals surface area (Å²) in [5, 5.41) is 5.35. The summed E-state index contributed by atoms with van der Waals surface area (Å²) in [6.45, 7) is 3.14. The lowest BCUT2D eigenvalue weighted by molar-refractivity contribution is -0.126. The maximum absolute atomic E-state index is 12.8. The van der Waals surface area contributed by atoms with E-state index in [2.05, 4.69) is 45.3 Å². The number of guanidine groups is 1. The van der Waals surface area contributed by atoms with E-state index in [-0.39, 0.29) is 16.1 Å². The van der Waals surface area contributed by atoms with E-state index in [0.29, 0.717) is 30.3 Å². The molecule has 0 aromatic heterocycles. The molecule has 8 heteroatoms. The van der Waals surface area contributed by atoms with Crippen LogP contribution in [0.3, 0.4) is 0 Å². The zero-order chi connectivity index (χ0) is 19.0. The van der Waals surface area contributed by atoms with E-state index in [9.17, 15) is 4.79 Å². The highest BCUT2D eigenvalue weighted by molar-refractivity contribution is 9.10. The molecule has 4 unspecified atom stereocenters. The number of allylic oxidation sites excluding steroid dienone is 2. The number of rotatable bonds is 3. The summed E-state index contributed by atoms with van der Waals surface area (Å²) >= 11 is 11.5. The third-order valence-corrected chi connectivity index (χ3v) is 7.70. The van der Waals surface area contributed by atoms with E-state index in [4.69, 9.17) is 16.6 Å². The Kier molecular flexibility index (Phi) is 6.00. The van der Waals surface area contributed by atoms with Gasteiger partial charge in [0.05, 0.1) is 17.6 Å². The lowest BCUT2D eigenvalue weighted by atomic mass is 9.98. The van der Waals surface area contributed by atoms with Gasteiger partial charge in [0.25, 0.3) is 0 Å². The smallest absolute Gasteiger partial charge is 0.245 e. The van der Waals surface area contributed by atoms with Crippen LogP contribution in [-0.4, -0.2) is 56.4 Å². The lowest BCUT2D eigenvalue weighted by Crippen LogP contribution is -2.52. The number of nitrogens with zero attached hydrogens (tertiary/aromatic N) is 3. The van der Waals surface area contributed by atoms with Gasteiger partial charge in [0, 0.05) is 29.3 Å². The number of nitrogens with one attached hydrogen (secondary N) is 1. The second-order valence-corrected chi connectivity index (χ2v) is 10.6. The number of alkyl halides is 2. The molecular formula is C19H24BrClN4OS. The van der Waals surface area contributed by atoms with E-state index < -0.39 is 0 Å². The molecule has 0 saturated carbocycles. The molecule has 4 aliphatic rings. The van der Waals surface area contributed by atoms with E-state index in [1.165, 1.54) is 10.6 Å². The molecule has 0 saturated heterocycles. The molecule has 0 bridgehead atoms. The molecule has 0 fully saturated rings. The molecule has 2 aliphatic heterocycles. The first-order valence-corrected chi connectivity index (χ1v) is 11.7. The average Bonchev–Trinajstić information content (AvgIpc) is 3.02. The monoisotopic (exact) mass is 470 g/mol. The van der Waals surface area contributed by atoms with Crippen molar-refractivity contribution in [1.29, 1.82) is 0 Å². The number of amides is 1. The predicted molar refractivity (Wildman–Crippen MR) is 117 cm³/mol. The van der Waals surface area contributed by atoms with Crippen LogP contribution in [0.5, 0.6) is 0 Å². The summed E-state index contributed by atoms with van der Waals surface area (Å²) in [5.41, 5.74) is 2.42. The zero-order valence-electron chi connectivity index (χ0n) is 15.3. The molecule has 0 spiro atoms. The van der Waals surface area contributed by atoms with E-state index >= 15 is 0 Å². The van der Waals surface area contributed by atoms with Crippen molar-refractivity contribution in [2.45, 2.75) is 60.5 Å². The third-order valence-electron chi connectivity index (χ3n) is 5.39. The van der Waals surface area contributed by atoms with Crippen molar-refractivity contribution < 1.29 is 4.79 Å². The predicted octanol–water partition coefficient (Wildman–Crippen LogP) is 3.84. The van der Waals surface area contributed by atoms with Gasteiger partial charge in [0.1, 0.15) is 4.83 Å². The van der Waals surface area contributed by atoms with Crippen molar-refractivity contribution in [3.05, 3.63) is 23.4 Å². The van der Waals surface area contributed by atoms with Crippen molar-refractivity contribution in [3.63, 3.8) is 0 Å². The topological polar surface area (TPSA) is 57.1 Å². The van der Waals surface area contributed by atoms with Gasteiger partial charge in [-0.25, -0.2) is 0 Å². The molecule has 4 rings (SSSR count). The first-order chi connectivity index (χ1) is 13.0. The van der Waals surface area contributed by atoms with Gasteiger partial charge in [0.15, 0.2) is 0 Å². The van der Waals surface area contributed by atoms with E-state index in [1.54, 1.807) is 4.90 Å². The number of hydrogen-bond acceptors (Lipinski definition) is 5. The summed E-state index contributed by atoms with van der Waals surface area (Å²) in [6.07, 6.45) is 9.07. The number of fused-ring (bicyclic) bond motifs is 1. The molecule has 146 valence electrons. The molecular weight excluding hydrogens is 448 g/mol. The third kappa shape index (κ3) is 4.46. The van der Waals surface area contributed by atoms with Crippen LogP contribution in [0.1, 0.15) is 39.0 Å². The molecule has 4 atom stereocenters. The highest BCUT2D eigenvalue weighted by Gasteiger charge is 2.34. The fraction of sp³-hybridized carbons (Fsp3) is 0.632. The molecule has 27 heavy (non-hydrogen) atoms. The van der Waals surface area contributed by atoms with Crippen LogP contribution < -0.4 is 5.32 Å². The summed E-state index contributed by atoms with van der Waals surface area (Å²) in [5.74, 6) is 0.750. The van der Waals surface area contributed by atoms with Gasteiger partial charge in [0.2, 0.25) is 11.9 Å². The van der Waals surface area contributed by atoms with Crippen LogP contribution in [0.4, 0.5) is 0 Å². The number of aliphatic imine (C=N–C) groups is 2. The highest BCUT2D eigenvalue weighted by atomic mass is 79.9. The maximum atomic E-state index is 12.8. The SMILES string of the molecule is CC1=NC2CC=C(NC3=NCC(Br)C(=O)N3CC3=CCC(Cl)CC3)CC2S1. The Labute approximate surface area is 177 Å². The molecule has 2 heterocycles. The molecule has 0 aromatic carbocycles. The van der Waals surface area contributed by atoms with Gasteiger partial charge in [-0.05, 0) is 32.6 Å². The van der Waals surface area contributed by atoms with Crippen LogP contribution in [0.15, 0.2) is 33.4 Å². The first-order valence-electron chi connectivity index (χ1n) is 9.48. The molecule has 1 N–H and O–H groups in total. The van der Waals surface area contributed by atoms with Gasteiger partial charge < -0.3 is 5.32 Å². The van der Waals surface area contributed by atoms with E-state index in [1.807, 2.05) is 11.8 Å². The van der Waals surface area contributed by atoms with Crippen molar-refractivity contribution in [3.8, 4) is 0 Å². The number of carbonyl (C=O) groups excluding carboxylic acids is 1. The van der Waals surface area contributed by atoms with Crippen LogP contribution in [0, 0.1) is 0 Å². The first kappa shape index (κ1) is 19.5. The van der Waals surface area contributed by atoms with Crippen LogP contribution >= 0.6 is 39.3 Å². The fourth-order valence-corrected chi connectivity index (χ4v) is 5.72.